The maximum absolute atomic E-state index is 11.7. The quantitative estimate of drug-likeness (QED) is 0.539. The molecule has 0 heterocycles. The van der Waals surface area contributed by atoms with Gasteiger partial charge >= 0.3 is 0 Å². The number of nitrogens with two attached hydrogens (primary N) is 2. The fraction of sp³-hybridized carbons (Fsp3) is 0.273. The lowest BCUT2D eigenvalue weighted by Crippen LogP contribution is -2.29. The molecule has 0 aliphatic heterocycles. The van der Waals surface area contributed by atoms with E-state index in [1.807, 2.05) is 0 Å². The molecule has 1 rings (SSSR count). The minimum absolute atomic E-state index is 0.127. The Hall–Kier alpha value is -2.24. The van der Waals surface area contributed by atoms with Gasteiger partial charge in [0.2, 0.25) is 5.91 Å². The van der Waals surface area contributed by atoms with Crippen molar-refractivity contribution >= 4 is 23.2 Å². The monoisotopic (exact) mass is 236 g/mol. The predicted molar refractivity (Wildman–Crippen MR) is 66.3 cm³/mol. The lowest BCUT2D eigenvalue weighted by molar-refractivity contribution is -0.120. The van der Waals surface area contributed by atoms with Gasteiger partial charge in [-0.3, -0.25) is 9.59 Å². The summed E-state index contributed by atoms with van der Waals surface area (Å²) in [6.45, 7) is 0.271. The lowest BCUT2D eigenvalue weighted by Gasteiger charge is -2.06. The van der Waals surface area contributed by atoms with Gasteiger partial charge in [-0.25, -0.2) is 0 Å². The molecule has 0 saturated carbocycles. The van der Waals surface area contributed by atoms with Gasteiger partial charge in [0, 0.05) is 37.0 Å². The Labute approximate surface area is 99.4 Å². The summed E-state index contributed by atoms with van der Waals surface area (Å²) in [5.41, 5.74) is 12.4. The molecule has 0 fully saturated rings. The van der Waals surface area contributed by atoms with Crippen molar-refractivity contribution in [1.29, 1.82) is 0 Å². The van der Waals surface area contributed by atoms with Gasteiger partial charge in [-0.15, -0.1) is 0 Å². The number of amides is 2. The van der Waals surface area contributed by atoms with Gasteiger partial charge in [0.1, 0.15) is 0 Å². The van der Waals surface area contributed by atoms with Crippen molar-refractivity contribution in [3.63, 3.8) is 0 Å². The molecule has 0 aromatic heterocycles. The predicted octanol–water partition coefficient (Wildman–Crippen LogP) is -0.283. The number of benzene rings is 1. The molecular weight excluding hydrogens is 220 g/mol. The van der Waals surface area contributed by atoms with Crippen LogP contribution in [0.25, 0.3) is 0 Å². The van der Waals surface area contributed by atoms with E-state index in [1.54, 1.807) is 13.1 Å². The topological polar surface area (TPSA) is 110 Å². The zero-order valence-electron chi connectivity index (χ0n) is 9.62. The first-order valence-corrected chi connectivity index (χ1v) is 5.17. The summed E-state index contributed by atoms with van der Waals surface area (Å²) < 4.78 is 0. The summed E-state index contributed by atoms with van der Waals surface area (Å²) in [6, 6.07) is 4.64. The van der Waals surface area contributed by atoms with E-state index in [4.69, 9.17) is 11.5 Å². The number of carbonyl (C=O) groups excluding carboxylic acids is 2. The Morgan fingerprint density at radius 1 is 1.18 bits per heavy atom. The molecule has 6 heteroatoms. The van der Waals surface area contributed by atoms with Crippen LogP contribution in [0.2, 0.25) is 0 Å². The van der Waals surface area contributed by atoms with Crippen molar-refractivity contribution in [2.24, 2.45) is 0 Å². The molecule has 0 saturated heterocycles. The van der Waals surface area contributed by atoms with Gasteiger partial charge in [0.15, 0.2) is 0 Å². The average Bonchev–Trinajstić information content (AvgIpc) is 2.27. The first-order valence-electron chi connectivity index (χ1n) is 5.17. The zero-order valence-corrected chi connectivity index (χ0v) is 9.62. The molecule has 92 valence electrons. The second-order valence-corrected chi connectivity index (χ2v) is 3.57. The number of anilines is 2. The number of carbonyl (C=O) groups is 2. The standard InChI is InChI=1S/C11H16N4O2/c1-14-10(16)2-3-15-11(17)7-4-8(12)6-9(13)5-7/h4-6H,2-3,12-13H2,1H3,(H,14,16)(H,15,17). The van der Waals surface area contributed by atoms with Crippen molar-refractivity contribution in [3.05, 3.63) is 23.8 Å². The van der Waals surface area contributed by atoms with E-state index < -0.39 is 0 Å². The van der Waals surface area contributed by atoms with Crippen LogP contribution in [0, 0.1) is 0 Å². The van der Waals surface area contributed by atoms with E-state index in [0.29, 0.717) is 16.9 Å². The molecule has 1 aromatic rings. The Bertz CT molecular complexity index is 411. The third-order valence-corrected chi connectivity index (χ3v) is 2.16. The Balaban J connectivity index is 2.55. The van der Waals surface area contributed by atoms with Crippen LogP contribution >= 0.6 is 0 Å². The Morgan fingerprint density at radius 3 is 2.29 bits per heavy atom. The van der Waals surface area contributed by atoms with Crippen LogP contribution in [0.3, 0.4) is 0 Å². The van der Waals surface area contributed by atoms with Crippen molar-refractivity contribution in [1.82, 2.24) is 10.6 Å². The van der Waals surface area contributed by atoms with E-state index in [9.17, 15) is 9.59 Å². The van der Waals surface area contributed by atoms with Gasteiger partial charge in [0.25, 0.3) is 5.91 Å². The van der Waals surface area contributed by atoms with Crippen LogP contribution in [0.1, 0.15) is 16.8 Å². The van der Waals surface area contributed by atoms with Crippen molar-refractivity contribution in [2.75, 3.05) is 25.1 Å². The van der Waals surface area contributed by atoms with Gasteiger partial charge < -0.3 is 22.1 Å². The van der Waals surface area contributed by atoms with Gasteiger partial charge in [0.05, 0.1) is 0 Å². The first kappa shape index (κ1) is 12.8. The smallest absolute Gasteiger partial charge is 0.251 e. The lowest BCUT2D eigenvalue weighted by atomic mass is 10.1. The summed E-state index contributed by atoms with van der Waals surface area (Å²) >= 11 is 0. The molecule has 6 N–H and O–H groups in total. The van der Waals surface area contributed by atoms with E-state index >= 15 is 0 Å². The number of nitrogens with one attached hydrogen (secondary N) is 2. The molecule has 0 spiro atoms. The number of hydrogen-bond donors (Lipinski definition) is 4. The second kappa shape index (κ2) is 5.74. The Morgan fingerprint density at radius 2 is 1.76 bits per heavy atom. The van der Waals surface area contributed by atoms with E-state index in [1.165, 1.54) is 12.1 Å². The summed E-state index contributed by atoms with van der Waals surface area (Å²) in [6.07, 6.45) is 0.236. The first-order chi connectivity index (χ1) is 8.02. The summed E-state index contributed by atoms with van der Waals surface area (Å²) in [5, 5.41) is 5.07. The maximum atomic E-state index is 11.7. The molecule has 17 heavy (non-hydrogen) atoms. The minimum atomic E-state index is -0.298. The van der Waals surface area contributed by atoms with Gasteiger partial charge in [-0.2, -0.15) is 0 Å². The highest BCUT2D eigenvalue weighted by Gasteiger charge is 2.07. The molecule has 0 aliphatic carbocycles. The zero-order chi connectivity index (χ0) is 12.8. The summed E-state index contributed by atoms with van der Waals surface area (Å²) in [4.78, 5) is 22.6. The minimum Gasteiger partial charge on any atom is -0.399 e. The largest absolute Gasteiger partial charge is 0.399 e. The molecule has 1 aromatic carbocycles. The third-order valence-electron chi connectivity index (χ3n) is 2.16. The van der Waals surface area contributed by atoms with E-state index in [-0.39, 0.29) is 24.8 Å². The number of nitrogen functional groups attached to an aromatic ring is 2. The SMILES string of the molecule is CNC(=O)CCNC(=O)c1cc(N)cc(N)c1. The van der Waals surface area contributed by atoms with Crippen LogP contribution in [0.5, 0.6) is 0 Å². The van der Waals surface area contributed by atoms with E-state index in [2.05, 4.69) is 10.6 Å². The molecule has 6 nitrogen and oxygen atoms in total. The summed E-state index contributed by atoms with van der Waals surface area (Å²) in [7, 11) is 1.54. The van der Waals surface area contributed by atoms with Crippen molar-refractivity contribution in [3.8, 4) is 0 Å². The van der Waals surface area contributed by atoms with Crippen LogP contribution in [-0.2, 0) is 4.79 Å². The highest BCUT2D eigenvalue weighted by atomic mass is 16.2. The molecule has 0 aliphatic rings. The fourth-order valence-corrected chi connectivity index (χ4v) is 1.32. The van der Waals surface area contributed by atoms with Crippen LogP contribution in [0.4, 0.5) is 11.4 Å². The molecule has 0 unspecified atom stereocenters. The van der Waals surface area contributed by atoms with Crippen LogP contribution < -0.4 is 22.1 Å². The molecular formula is C11H16N4O2. The van der Waals surface area contributed by atoms with Crippen molar-refractivity contribution < 1.29 is 9.59 Å². The van der Waals surface area contributed by atoms with E-state index in [0.717, 1.165) is 0 Å². The second-order valence-electron chi connectivity index (χ2n) is 3.57. The van der Waals surface area contributed by atoms with Gasteiger partial charge in [-0.05, 0) is 18.2 Å². The fourth-order valence-electron chi connectivity index (χ4n) is 1.32. The maximum Gasteiger partial charge on any atom is 0.251 e. The normalized spacial score (nSPS) is 9.71. The molecule has 0 atom stereocenters. The molecule has 0 radical (unpaired) electrons. The van der Waals surface area contributed by atoms with Crippen molar-refractivity contribution in [2.45, 2.75) is 6.42 Å². The summed E-state index contributed by atoms with van der Waals surface area (Å²) in [5.74, 6) is -0.426. The highest BCUT2D eigenvalue weighted by molar-refractivity contribution is 5.96. The highest BCUT2D eigenvalue weighted by Crippen LogP contribution is 2.13. The van der Waals surface area contributed by atoms with Crippen LogP contribution in [0.15, 0.2) is 18.2 Å². The molecule has 0 bridgehead atoms. The average molecular weight is 236 g/mol. The Kier molecular flexibility index (Phi) is 4.33. The van der Waals surface area contributed by atoms with Gasteiger partial charge in [-0.1, -0.05) is 0 Å². The number of hydrogen-bond acceptors (Lipinski definition) is 4. The number of rotatable bonds is 4. The van der Waals surface area contributed by atoms with Crippen LogP contribution in [-0.4, -0.2) is 25.4 Å². The third kappa shape index (κ3) is 4.02. The molecule has 2 amide bonds.